The molecule has 0 radical (unpaired) electrons. The number of nitrogens with one attached hydrogen (secondary N) is 1. The average molecular weight is 198 g/mol. The summed E-state index contributed by atoms with van der Waals surface area (Å²) in [5, 5.41) is 2.44. The summed E-state index contributed by atoms with van der Waals surface area (Å²) >= 11 is 0. The van der Waals surface area contributed by atoms with E-state index in [1.165, 1.54) is 0 Å². The van der Waals surface area contributed by atoms with Crippen LogP contribution in [0.4, 0.5) is 0 Å². The highest BCUT2D eigenvalue weighted by atomic mass is 16.5. The predicted octanol–water partition coefficient (Wildman–Crippen LogP) is -0.853. The van der Waals surface area contributed by atoms with Crippen LogP contribution in [0.2, 0.25) is 0 Å². The molecule has 5 heteroatoms. The van der Waals surface area contributed by atoms with E-state index in [4.69, 9.17) is 4.74 Å². The molecule has 0 spiro atoms. The molecule has 0 saturated carbocycles. The molecule has 5 nitrogen and oxygen atoms in total. The minimum absolute atomic E-state index is 0.0326. The Morgan fingerprint density at radius 3 is 2.64 bits per heavy atom. The average Bonchev–Trinajstić information content (AvgIpc) is 2.26. The molecular weight excluding hydrogens is 184 g/mol. The maximum atomic E-state index is 11.4. The quantitative estimate of drug-likeness (QED) is 0.601. The molecule has 1 saturated heterocycles. The van der Waals surface area contributed by atoms with Gasteiger partial charge in [0.1, 0.15) is 0 Å². The van der Waals surface area contributed by atoms with E-state index in [2.05, 4.69) is 11.9 Å². The summed E-state index contributed by atoms with van der Waals surface area (Å²) < 4.78 is 5.10. The van der Waals surface area contributed by atoms with E-state index in [0.29, 0.717) is 26.3 Å². The molecule has 0 aromatic heterocycles. The van der Waals surface area contributed by atoms with Crippen molar-refractivity contribution < 1.29 is 14.3 Å². The molecule has 0 bridgehead atoms. The van der Waals surface area contributed by atoms with E-state index in [0.717, 1.165) is 6.08 Å². The molecule has 1 fully saturated rings. The Balaban J connectivity index is 2.26. The lowest BCUT2D eigenvalue weighted by atomic mass is 10.4. The van der Waals surface area contributed by atoms with Gasteiger partial charge in [0, 0.05) is 13.1 Å². The van der Waals surface area contributed by atoms with Gasteiger partial charge in [0.2, 0.25) is 11.8 Å². The fourth-order valence-corrected chi connectivity index (χ4v) is 1.16. The molecule has 2 amide bonds. The van der Waals surface area contributed by atoms with Gasteiger partial charge in [-0.05, 0) is 6.08 Å². The third-order valence-corrected chi connectivity index (χ3v) is 1.96. The zero-order chi connectivity index (χ0) is 10.4. The van der Waals surface area contributed by atoms with Crippen molar-refractivity contribution in [3.8, 4) is 0 Å². The van der Waals surface area contributed by atoms with Gasteiger partial charge < -0.3 is 15.0 Å². The number of morpholine rings is 1. The summed E-state index contributed by atoms with van der Waals surface area (Å²) in [6.45, 7) is 5.67. The van der Waals surface area contributed by atoms with Crippen LogP contribution in [0, 0.1) is 0 Å². The molecule has 0 atom stereocenters. The van der Waals surface area contributed by atoms with Crippen LogP contribution in [0.5, 0.6) is 0 Å². The Labute approximate surface area is 82.7 Å². The molecule has 1 aliphatic heterocycles. The van der Waals surface area contributed by atoms with Gasteiger partial charge in [-0.1, -0.05) is 6.58 Å². The van der Waals surface area contributed by atoms with Crippen molar-refractivity contribution in [2.75, 3.05) is 32.8 Å². The van der Waals surface area contributed by atoms with E-state index in [1.54, 1.807) is 4.90 Å². The van der Waals surface area contributed by atoms with Crippen molar-refractivity contribution >= 4 is 11.8 Å². The fourth-order valence-electron chi connectivity index (χ4n) is 1.16. The third-order valence-electron chi connectivity index (χ3n) is 1.96. The zero-order valence-corrected chi connectivity index (χ0v) is 7.99. The van der Waals surface area contributed by atoms with E-state index in [1.807, 2.05) is 0 Å². The Kier molecular flexibility index (Phi) is 4.12. The molecule has 1 rings (SSSR count). The van der Waals surface area contributed by atoms with Crippen LogP contribution in [-0.2, 0) is 14.3 Å². The van der Waals surface area contributed by atoms with Crippen LogP contribution in [0.3, 0.4) is 0 Å². The molecule has 1 aliphatic rings. The first kappa shape index (κ1) is 10.7. The number of rotatable bonds is 3. The topological polar surface area (TPSA) is 58.6 Å². The van der Waals surface area contributed by atoms with Crippen LogP contribution in [-0.4, -0.2) is 49.6 Å². The number of carbonyl (C=O) groups is 2. The lowest BCUT2D eigenvalue weighted by Crippen LogP contribution is -2.45. The van der Waals surface area contributed by atoms with Gasteiger partial charge in [-0.25, -0.2) is 0 Å². The van der Waals surface area contributed by atoms with E-state index in [-0.39, 0.29) is 18.4 Å². The number of carbonyl (C=O) groups excluding carboxylic acids is 2. The molecule has 0 aliphatic carbocycles. The largest absolute Gasteiger partial charge is 0.378 e. The van der Waals surface area contributed by atoms with Gasteiger partial charge in [0.15, 0.2) is 0 Å². The van der Waals surface area contributed by atoms with Gasteiger partial charge in [-0.15, -0.1) is 0 Å². The molecule has 78 valence electrons. The number of hydrogen-bond acceptors (Lipinski definition) is 3. The predicted molar refractivity (Wildman–Crippen MR) is 50.6 cm³/mol. The number of nitrogens with zero attached hydrogens (tertiary/aromatic N) is 1. The molecule has 0 unspecified atom stereocenters. The van der Waals surface area contributed by atoms with Gasteiger partial charge in [0.25, 0.3) is 0 Å². The monoisotopic (exact) mass is 198 g/mol. The Morgan fingerprint density at radius 2 is 2.07 bits per heavy atom. The molecule has 0 aromatic rings. The molecule has 14 heavy (non-hydrogen) atoms. The first-order valence-corrected chi connectivity index (χ1v) is 4.50. The summed E-state index contributed by atoms with van der Waals surface area (Å²) in [5.41, 5.74) is 0. The summed E-state index contributed by atoms with van der Waals surface area (Å²) in [7, 11) is 0. The second-order valence-electron chi connectivity index (χ2n) is 2.92. The van der Waals surface area contributed by atoms with Gasteiger partial charge in [0.05, 0.1) is 19.8 Å². The van der Waals surface area contributed by atoms with Crippen LogP contribution in [0.1, 0.15) is 0 Å². The lowest BCUT2D eigenvalue weighted by molar-refractivity contribution is -0.135. The second kappa shape index (κ2) is 5.39. The fraction of sp³-hybridized carbons (Fsp3) is 0.556. The maximum Gasteiger partial charge on any atom is 0.243 e. The van der Waals surface area contributed by atoms with Gasteiger partial charge in [-0.3, -0.25) is 9.59 Å². The highest BCUT2D eigenvalue weighted by molar-refractivity contribution is 5.90. The molecule has 0 aromatic carbocycles. The highest BCUT2D eigenvalue weighted by Crippen LogP contribution is 1.96. The second-order valence-corrected chi connectivity index (χ2v) is 2.92. The van der Waals surface area contributed by atoms with Gasteiger partial charge in [-0.2, -0.15) is 0 Å². The smallest absolute Gasteiger partial charge is 0.243 e. The standard InChI is InChI=1S/C9H14N2O3/c1-2-8(12)10-7-9(13)11-3-5-14-6-4-11/h2H,1,3-7H2,(H,10,12). The van der Waals surface area contributed by atoms with Crippen LogP contribution < -0.4 is 5.32 Å². The van der Waals surface area contributed by atoms with Crippen molar-refractivity contribution in [1.82, 2.24) is 10.2 Å². The maximum absolute atomic E-state index is 11.4. The SMILES string of the molecule is C=CC(=O)NCC(=O)N1CCOCC1. The molecular formula is C9H14N2O3. The Morgan fingerprint density at radius 1 is 1.43 bits per heavy atom. The number of hydrogen-bond donors (Lipinski definition) is 1. The number of amides is 2. The first-order valence-electron chi connectivity index (χ1n) is 4.50. The normalized spacial score (nSPS) is 16.1. The van der Waals surface area contributed by atoms with Crippen molar-refractivity contribution in [3.63, 3.8) is 0 Å². The van der Waals surface area contributed by atoms with Crippen LogP contribution in [0.15, 0.2) is 12.7 Å². The summed E-state index contributed by atoms with van der Waals surface area (Å²) in [5.74, 6) is -0.407. The van der Waals surface area contributed by atoms with Crippen LogP contribution >= 0.6 is 0 Å². The van der Waals surface area contributed by atoms with Crippen LogP contribution in [0.25, 0.3) is 0 Å². The van der Waals surface area contributed by atoms with Crippen molar-refractivity contribution in [2.45, 2.75) is 0 Å². The minimum Gasteiger partial charge on any atom is -0.378 e. The molecule has 1 N–H and O–H groups in total. The van der Waals surface area contributed by atoms with Crippen molar-refractivity contribution in [2.24, 2.45) is 0 Å². The summed E-state index contributed by atoms with van der Waals surface area (Å²) in [6.07, 6.45) is 1.15. The summed E-state index contributed by atoms with van der Waals surface area (Å²) in [6, 6.07) is 0. The third kappa shape index (κ3) is 3.18. The Bertz CT molecular complexity index is 234. The van der Waals surface area contributed by atoms with E-state index < -0.39 is 0 Å². The van der Waals surface area contributed by atoms with Crippen molar-refractivity contribution in [3.05, 3.63) is 12.7 Å². The van der Waals surface area contributed by atoms with Gasteiger partial charge >= 0.3 is 0 Å². The zero-order valence-electron chi connectivity index (χ0n) is 7.99. The highest BCUT2D eigenvalue weighted by Gasteiger charge is 2.16. The molecule has 1 heterocycles. The van der Waals surface area contributed by atoms with Crippen molar-refractivity contribution in [1.29, 1.82) is 0 Å². The minimum atomic E-state index is -0.327. The van der Waals surface area contributed by atoms with E-state index in [9.17, 15) is 9.59 Å². The first-order chi connectivity index (χ1) is 6.74. The Hall–Kier alpha value is -1.36. The van der Waals surface area contributed by atoms with E-state index >= 15 is 0 Å². The summed E-state index contributed by atoms with van der Waals surface area (Å²) in [4.78, 5) is 23.9. The lowest BCUT2D eigenvalue weighted by Gasteiger charge is -2.26. The number of ether oxygens (including phenoxy) is 1.